The van der Waals surface area contributed by atoms with Crippen LogP contribution in [0, 0.1) is 5.82 Å². The highest BCUT2D eigenvalue weighted by Crippen LogP contribution is 2.18. The summed E-state index contributed by atoms with van der Waals surface area (Å²) in [6, 6.07) is 10.6. The van der Waals surface area contributed by atoms with Crippen LogP contribution < -0.4 is 0 Å². The molecule has 1 N–H and O–H groups in total. The Morgan fingerprint density at radius 2 is 1.83 bits per heavy atom. The number of aromatic nitrogens is 2. The molecule has 0 atom stereocenters. The molecule has 0 aliphatic carbocycles. The standard InChI is InChI=1S/C15H11FN2/c16-13-3-2-12-9-14(18-15(12)10-13)4-1-11-5-7-17-8-6-11/h1-10,18H/b4-1+. The second-order valence-electron chi connectivity index (χ2n) is 4.07. The van der Waals surface area contributed by atoms with Gasteiger partial charge in [0, 0.05) is 29.0 Å². The van der Waals surface area contributed by atoms with Crippen molar-refractivity contribution in [3.05, 3.63) is 65.9 Å². The number of fused-ring (bicyclic) bond motifs is 1. The van der Waals surface area contributed by atoms with Gasteiger partial charge in [0.2, 0.25) is 0 Å². The fraction of sp³-hybridized carbons (Fsp3) is 0. The van der Waals surface area contributed by atoms with Gasteiger partial charge in [0.25, 0.3) is 0 Å². The van der Waals surface area contributed by atoms with Gasteiger partial charge in [0.05, 0.1) is 0 Å². The molecule has 3 aromatic rings. The molecule has 0 radical (unpaired) electrons. The van der Waals surface area contributed by atoms with Crippen molar-refractivity contribution in [2.45, 2.75) is 0 Å². The fourth-order valence-electron chi connectivity index (χ4n) is 1.87. The number of benzene rings is 1. The predicted octanol–water partition coefficient (Wildman–Crippen LogP) is 3.87. The molecule has 0 fully saturated rings. The van der Waals surface area contributed by atoms with Gasteiger partial charge < -0.3 is 4.98 Å². The van der Waals surface area contributed by atoms with Crippen LogP contribution in [0.4, 0.5) is 4.39 Å². The van der Waals surface area contributed by atoms with Crippen molar-refractivity contribution in [1.29, 1.82) is 0 Å². The van der Waals surface area contributed by atoms with Crippen LogP contribution >= 0.6 is 0 Å². The highest BCUT2D eigenvalue weighted by atomic mass is 19.1. The number of aromatic amines is 1. The van der Waals surface area contributed by atoms with Gasteiger partial charge in [0.1, 0.15) is 5.82 Å². The third-order valence-corrected chi connectivity index (χ3v) is 2.77. The lowest BCUT2D eigenvalue weighted by Crippen LogP contribution is -1.74. The number of nitrogens with one attached hydrogen (secondary N) is 1. The van der Waals surface area contributed by atoms with Crippen LogP contribution in [-0.2, 0) is 0 Å². The van der Waals surface area contributed by atoms with Gasteiger partial charge in [-0.3, -0.25) is 4.98 Å². The van der Waals surface area contributed by atoms with E-state index in [2.05, 4.69) is 9.97 Å². The number of nitrogens with zero attached hydrogens (tertiary/aromatic N) is 1. The zero-order chi connectivity index (χ0) is 12.4. The van der Waals surface area contributed by atoms with Crippen LogP contribution in [0.15, 0.2) is 48.8 Å². The molecule has 2 aromatic heterocycles. The van der Waals surface area contributed by atoms with Gasteiger partial charge in [-0.1, -0.05) is 6.08 Å². The summed E-state index contributed by atoms with van der Waals surface area (Å²) in [5.41, 5.74) is 2.84. The van der Waals surface area contributed by atoms with E-state index in [0.29, 0.717) is 0 Å². The van der Waals surface area contributed by atoms with E-state index in [-0.39, 0.29) is 5.82 Å². The summed E-state index contributed by atoms with van der Waals surface area (Å²) in [4.78, 5) is 7.13. The Balaban J connectivity index is 1.93. The minimum absolute atomic E-state index is 0.228. The molecule has 0 spiro atoms. The average Bonchev–Trinajstić information content (AvgIpc) is 2.79. The Labute approximate surface area is 104 Å². The van der Waals surface area contributed by atoms with Gasteiger partial charge >= 0.3 is 0 Å². The maximum atomic E-state index is 13.1. The first-order chi connectivity index (χ1) is 8.81. The molecule has 2 heterocycles. The minimum Gasteiger partial charge on any atom is -0.355 e. The van der Waals surface area contributed by atoms with Crippen molar-refractivity contribution in [2.75, 3.05) is 0 Å². The van der Waals surface area contributed by atoms with Gasteiger partial charge in [-0.2, -0.15) is 0 Å². The minimum atomic E-state index is -0.228. The van der Waals surface area contributed by atoms with Crippen LogP contribution in [0.1, 0.15) is 11.3 Å². The number of pyridine rings is 1. The SMILES string of the molecule is Fc1ccc2cc(/C=C/c3ccncc3)[nH]c2c1. The van der Waals surface area contributed by atoms with Crippen molar-refractivity contribution in [3.63, 3.8) is 0 Å². The second kappa shape index (κ2) is 4.45. The second-order valence-corrected chi connectivity index (χ2v) is 4.07. The molecule has 3 rings (SSSR count). The van der Waals surface area contributed by atoms with Crippen molar-refractivity contribution in [2.24, 2.45) is 0 Å². The number of halogens is 1. The summed E-state index contributed by atoms with van der Waals surface area (Å²) in [6.07, 6.45) is 7.45. The molecule has 0 aliphatic heterocycles. The number of hydrogen-bond donors (Lipinski definition) is 1. The first-order valence-corrected chi connectivity index (χ1v) is 5.68. The van der Waals surface area contributed by atoms with Crippen molar-refractivity contribution < 1.29 is 4.39 Å². The Morgan fingerprint density at radius 3 is 2.67 bits per heavy atom. The van der Waals surface area contributed by atoms with Crippen molar-refractivity contribution in [1.82, 2.24) is 9.97 Å². The van der Waals surface area contributed by atoms with Gasteiger partial charge in [0.15, 0.2) is 0 Å². The monoisotopic (exact) mass is 238 g/mol. The van der Waals surface area contributed by atoms with Gasteiger partial charge in [-0.25, -0.2) is 4.39 Å². The predicted molar refractivity (Wildman–Crippen MR) is 71.4 cm³/mol. The fourth-order valence-corrected chi connectivity index (χ4v) is 1.87. The Hall–Kier alpha value is -2.42. The summed E-state index contributed by atoms with van der Waals surface area (Å²) in [7, 11) is 0. The molecule has 0 unspecified atom stereocenters. The Morgan fingerprint density at radius 1 is 1.00 bits per heavy atom. The van der Waals surface area contributed by atoms with E-state index in [1.54, 1.807) is 18.5 Å². The Kier molecular flexibility index (Phi) is 2.65. The molecule has 0 bridgehead atoms. The quantitative estimate of drug-likeness (QED) is 0.721. The van der Waals surface area contributed by atoms with Crippen LogP contribution in [0.2, 0.25) is 0 Å². The molecule has 1 aromatic carbocycles. The van der Waals surface area contributed by atoms with Gasteiger partial charge in [-0.05, 0) is 48.0 Å². The maximum absolute atomic E-state index is 13.1. The van der Waals surface area contributed by atoms with Crippen LogP contribution in [0.5, 0.6) is 0 Å². The molecule has 0 saturated carbocycles. The number of rotatable bonds is 2. The van der Waals surface area contributed by atoms with E-state index in [4.69, 9.17) is 0 Å². The number of H-pyrrole nitrogens is 1. The Bertz CT molecular complexity index is 699. The highest BCUT2D eigenvalue weighted by Gasteiger charge is 1.99. The molecular weight excluding hydrogens is 227 g/mol. The zero-order valence-electron chi connectivity index (χ0n) is 9.60. The maximum Gasteiger partial charge on any atom is 0.125 e. The molecule has 88 valence electrons. The topological polar surface area (TPSA) is 28.7 Å². The largest absolute Gasteiger partial charge is 0.355 e. The summed E-state index contributed by atoms with van der Waals surface area (Å²) < 4.78 is 13.1. The lowest BCUT2D eigenvalue weighted by molar-refractivity contribution is 0.629. The van der Waals surface area contributed by atoms with Crippen molar-refractivity contribution in [3.8, 4) is 0 Å². The third-order valence-electron chi connectivity index (χ3n) is 2.77. The molecule has 2 nitrogen and oxygen atoms in total. The summed E-state index contributed by atoms with van der Waals surface area (Å²) in [5, 5.41) is 1.01. The van der Waals surface area contributed by atoms with E-state index in [0.717, 1.165) is 22.2 Å². The molecule has 0 aliphatic rings. The molecule has 0 amide bonds. The highest BCUT2D eigenvalue weighted by molar-refractivity contribution is 5.84. The lowest BCUT2D eigenvalue weighted by Gasteiger charge is -1.90. The average molecular weight is 238 g/mol. The summed E-state index contributed by atoms with van der Waals surface area (Å²) in [5.74, 6) is -0.228. The molecule has 3 heteroatoms. The summed E-state index contributed by atoms with van der Waals surface area (Å²) in [6.45, 7) is 0. The van der Waals surface area contributed by atoms with Crippen molar-refractivity contribution >= 4 is 23.1 Å². The summed E-state index contributed by atoms with van der Waals surface area (Å²) >= 11 is 0. The first kappa shape index (κ1) is 10.7. The smallest absolute Gasteiger partial charge is 0.125 e. The van der Waals surface area contributed by atoms with E-state index in [9.17, 15) is 4.39 Å². The third kappa shape index (κ3) is 2.15. The zero-order valence-corrected chi connectivity index (χ0v) is 9.60. The number of hydrogen-bond acceptors (Lipinski definition) is 1. The molecule has 0 saturated heterocycles. The van der Waals surface area contributed by atoms with Crippen LogP contribution in [0.25, 0.3) is 23.1 Å². The van der Waals surface area contributed by atoms with E-state index < -0.39 is 0 Å². The van der Waals surface area contributed by atoms with Crippen LogP contribution in [-0.4, -0.2) is 9.97 Å². The van der Waals surface area contributed by atoms with E-state index >= 15 is 0 Å². The van der Waals surface area contributed by atoms with E-state index in [1.807, 2.05) is 30.4 Å². The first-order valence-electron chi connectivity index (χ1n) is 5.68. The van der Waals surface area contributed by atoms with E-state index in [1.165, 1.54) is 12.1 Å². The van der Waals surface area contributed by atoms with Crippen LogP contribution in [0.3, 0.4) is 0 Å². The lowest BCUT2D eigenvalue weighted by atomic mass is 10.2. The molecule has 18 heavy (non-hydrogen) atoms. The normalized spacial score (nSPS) is 11.4. The van der Waals surface area contributed by atoms with Gasteiger partial charge in [-0.15, -0.1) is 0 Å². The molecular formula is C15H11FN2.